The normalized spacial score (nSPS) is 11.5. The molecule has 0 aliphatic rings. The van der Waals surface area contributed by atoms with E-state index in [4.69, 9.17) is 5.11 Å². The average molecular weight is 338 g/mol. The fraction of sp³-hybridized carbons (Fsp3) is 0.150. The molecule has 0 radical (unpaired) electrons. The van der Waals surface area contributed by atoms with E-state index in [-0.39, 0.29) is 29.8 Å². The molecule has 2 N–H and O–H groups in total. The van der Waals surface area contributed by atoms with E-state index in [0.29, 0.717) is 5.56 Å². The molecule has 0 fully saturated rings. The number of allylic oxidation sites excluding steroid dienone is 1. The first-order valence-electron chi connectivity index (χ1n) is 7.75. The van der Waals surface area contributed by atoms with Crippen LogP contribution in [-0.2, 0) is 20.8 Å². The van der Waals surface area contributed by atoms with E-state index in [9.17, 15) is 19.5 Å². The van der Waals surface area contributed by atoms with Gasteiger partial charge in [0.1, 0.15) is 5.78 Å². The fourth-order valence-corrected chi connectivity index (χ4v) is 2.57. The smallest absolute Gasteiger partial charge is 0.332 e. The summed E-state index contributed by atoms with van der Waals surface area (Å²) in [4.78, 5) is 35.0. The highest BCUT2D eigenvalue weighted by atomic mass is 16.4. The van der Waals surface area contributed by atoms with Gasteiger partial charge in [-0.05, 0) is 16.7 Å². The third-order valence-electron chi connectivity index (χ3n) is 3.69. The first kappa shape index (κ1) is 18.1. The first-order valence-corrected chi connectivity index (χ1v) is 7.75. The second-order valence-electron chi connectivity index (χ2n) is 5.58. The Kier molecular flexibility index (Phi) is 6.23. The molecule has 128 valence electrons. The number of hydrogen-bond donors (Lipinski definition) is 2. The largest absolute Gasteiger partial charge is 0.481 e. The van der Waals surface area contributed by atoms with Crippen LogP contribution in [0.15, 0.2) is 66.2 Å². The van der Waals surface area contributed by atoms with E-state index >= 15 is 0 Å². The molecule has 0 spiro atoms. The molecule has 0 bridgehead atoms. The lowest BCUT2D eigenvalue weighted by molar-refractivity contribution is -0.139. The summed E-state index contributed by atoms with van der Waals surface area (Å²) in [5.41, 5.74) is 1.36. The third-order valence-corrected chi connectivity index (χ3v) is 3.69. The van der Waals surface area contributed by atoms with Crippen molar-refractivity contribution in [1.29, 1.82) is 0 Å². The zero-order valence-electron chi connectivity index (χ0n) is 13.5. The highest BCUT2D eigenvalue weighted by Gasteiger charge is 2.21. The number of carboxylic acid groups (broad SMARTS) is 2. The van der Waals surface area contributed by atoms with Gasteiger partial charge >= 0.3 is 11.9 Å². The molecular formula is C20H18O5. The Balaban J connectivity index is 2.36. The second kappa shape index (κ2) is 8.59. The fourth-order valence-electron chi connectivity index (χ4n) is 2.57. The van der Waals surface area contributed by atoms with Crippen LogP contribution in [0.4, 0.5) is 0 Å². The Morgan fingerprint density at radius 3 is 1.84 bits per heavy atom. The number of hydrogen-bond acceptors (Lipinski definition) is 3. The van der Waals surface area contributed by atoms with Gasteiger partial charge in [-0.1, -0.05) is 60.7 Å². The average Bonchev–Trinajstić information content (AvgIpc) is 2.59. The van der Waals surface area contributed by atoms with Crippen LogP contribution in [-0.4, -0.2) is 27.9 Å². The number of benzene rings is 2. The minimum Gasteiger partial charge on any atom is -0.481 e. The summed E-state index contributed by atoms with van der Waals surface area (Å²) in [6, 6.07) is 17.7. The topological polar surface area (TPSA) is 91.7 Å². The van der Waals surface area contributed by atoms with Crippen molar-refractivity contribution in [3.05, 3.63) is 77.4 Å². The Labute approximate surface area is 145 Å². The first-order chi connectivity index (χ1) is 12.0. The molecule has 0 aromatic heterocycles. The standard InChI is InChI=1S/C20H18O5/c21-16(11-14-7-3-1-4-8-14)12-17(15-9-5-2-6-10-15)18(20(24)25)13-19(22)23/h1-10H,11-13H2,(H,22,23)(H,24,25). The number of rotatable bonds is 8. The van der Waals surface area contributed by atoms with E-state index in [2.05, 4.69) is 0 Å². The van der Waals surface area contributed by atoms with Crippen molar-refractivity contribution in [3.63, 3.8) is 0 Å². The molecule has 0 heterocycles. The van der Waals surface area contributed by atoms with Crippen molar-refractivity contribution in [3.8, 4) is 0 Å². The lowest BCUT2D eigenvalue weighted by atomic mass is 9.92. The van der Waals surface area contributed by atoms with E-state index < -0.39 is 18.4 Å². The third kappa shape index (κ3) is 5.42. The van der Waals surface area contributed by atoms with Crippen LogP contribution in [0.5, 0.6) is 0 Å². The van der Waals surface area contributed by atoms with E-state index in [1.807, 2.05) is 30.3 Å². The van der Waals surface area contributed by atoms with Crippen molar-refractivity contribution in [2.24, 2.45) is 0 Å². The number of ketones is 1. The lowest BCUT2D eigenvalue weighted by Gasteiger charge is -2.12. The van der Waals surface area contributed by atoms with Crippen molar-refractivity contribution >= 4 is 23.3 Å². The van der Waals surface area contributed by atoms with Gasteiger partial charge < -0.3 is 10.2 Å². The maximum absolute atomic E-state index is 12.4. The summed E-state index contributed by atoms with van der Waals surface area (Å²) in [6.07, 6.45) is -0.608. The highest BCUT2D eigenvalue weighted by Crippen LogP contribution is 2.26. The predicted molar refractivity (Wildman–Crippen MR) is 93.0 cm³/mol. The van der Waals surface area contributed by atoms with Gasteiger partial charge in [0.05, 0.1) is 12.0 Å². The molecule has 25 heavy (non-hydrogen) atoms. The van der Waals surface area contributed by atoms with Gasteiger partial charge in [-0.3, -0.25) is 9.59 Å². The summed E-state index contributed by atoms with van der Waals surface area (Å²) in [5, 5.41) is 18.4. The van der Waals surface area contributed by atoms with Crippen LogP contribution in [0.1, 0.15) is 24.0 Å². The minimum atomic E-state index is -1.33. The quantitative estimate of drug-likeness (QED) is 0.721. The molecule has 0 saturated heterocycles. The molecule has 2 rings (SSSR count). The monoisotopic (exact) mass is 338 g/mol. The van der Waals surface area contributed by atoms with Crippen LogP contribution < -0.4 is 0 Å². The highest BCUT2D eigenvalue weighted by molar-refractivity contribution is 6.04. The van der Waals surface area contributed by atoms with Gasteiger partial charge in [0, 0.05) is 12.8 Å². The van der Waals surface area contributed by atoms with Crippen molar-refractivity contribution in [2.75, 3.05) is 0 Å². The number of carbonyl (C=O) groups excluding carboxylic acids is 1. The minimum absolute atomic E-state index is 0.131. The molecule has 0 saturated carbocycles. The van der Waals surface area contributed by atoms with Crippen molar-refractivity contribution in [1.82, 2.24) is 0 Å². The molecule has 2 aromatic rings. The van der Waals surface area contributed by atoms with Crippen LogP contribution in [0.3, 0.4) is 0 Å². The Morgan fingerprint density at radius 2 is 1.32 bits per heavy atom. The van der Waals surface area contributed by atoms with E-state index in [1.54, 1.807) is 30.3 Å². The summed E-state index contributed by atoms with van der Waals surface area (Å²) in [7, 11) is 0. The molecule has 2 aromatic carbocycles. The number of aliphatic carboxylic acids is 2. The molecular weight excluding hydrogens is 320 g/mol. The summed E-state index contributed by atoms with van der Waals surface area (Å²) < 4.78 is 0. The van der Waals surface area contributed by atoms with Gasteiger partial charge in [0.15, 0.2) is 0 Å². The number of Topliss-reactive ketones (excluding diaryl/α,β-unsaturated/α-hetero) is 1. The van der Waals surface area contributed by atoms with Gasteiger partial charge in [-0.25, -0.2) is 4.79 Å². The number of carbonyl (C=O) groups is 3. The molecule has 5 heteroatoms. The Morgan fingerprint density at radius 1 is 0.760 bits per heavy atom. The molecule has 0 atom stereocenters. The molecule has 0 amide bonds. The van der Waals surface area contributed by atoms with Crippen molar-refractivity contribution < 1.29 is 24.6 Å². The van der Waals surface area contributed by atoms with Crippen LogP contribution in [0.25, 0.3) is 5.57 Å². The number of carboxylic acids is 2. The summed E-state index contributed by atoms with van der Waals surface area (Å²) in [5.74, 6) is -2.75. The zero-order valence-corrected chi connectivity index (χ0v) is 13.5. The van der Waals surface area contributed by atoms with Gasteiger partial charge in [-0.2, -0.15) is 0 Å². The zero-order chi connectivity index (χ0) is 18.2. The molecule has 0 aliphatic carbocycles. The van der Waals surface area contributed by atoms with Crippen molar-refractivity contribution in [2.45, 2.75) is 19.3 Å². The Bertz CT molecular complexity index is 791. The second-order valence-corrected chi connectivity index (χ2v) is 5.58. The van der Waals surface area contributed by atoms with Crippen LogP contribution >= 0.6 is 0 Å². The maximum atomic E-state index is 12.4. The van der Waals surface area contributed by atoms with Gasteiger partial charge in [0.2, 0.25) is 0 Å². The van der Waals surface area contributed by atoms with Crippen LogP contribution in [0, 0.1) is 0 Å². The van der Waals surface area contributed by atoms with Gasteiger partial charge in [0.25, 0.3) is 0 Å². The van der Waals surface area contributed by atoms with E-state index in [0.717, 1.165) is 5.56 Å². The summed E-state index contributed by atoms with van der Waals surface area (Å²) >= 11 is 0. The maximum Gasteiger partial charge on any atom is 0.332 e. The Hall–Kier alpha value is -3.21. The van der Waals surface area contributed by atoms with Crippen LogP contribution in [0.2, 0.25) is 0 Å². The molecule has 0 aliphatic heterocycles. The SMILES string of the molecule is O=C(O)CC(C(=O)O)=C(CC(=O)Cc1ccccc1)c1ccccc1. The lowest BCUT2D eigenvalue weighted by Crippen LogP contribution is -2.12. The molecule has 0 unspecified atom stereocenters. The predicted octanol–water partition coefficient (Wildman–Crippen LogP) is 3.20. The van der Waals surface area contributed by atoms with E-state index in [1.165, 1.54) is 0 Å². The summed E-state index contributed by atoms with van der Waals surface area (Å²) in [6.45, 7) is 0. The van der Waals surface area contributed by atoms with Gasteiger partial charge in [-0.15, -0.1) is 0 Å². The molecule has 5 nitrogen and oxygen atoms in total.